The highest BCUT2D eigenvalue weighted by Gasteiger charge is 2.30. The maximum absolute atomic E-state index is 8.58. The quantitative estimate of drug-likeness (QED) is 0.454. The van der Waals surface area contributed by atoms with Crippen LogP contribution in [-0.2, 0) is 0 Å². The van der Waals surface area contributed by atoms with Crippen LogP contribution in [0.2, 0.25) is 0 Å². The van der Waals surface area contributed by atoms with Gasteiger partial charge in [0.25, 0.3) is 0 Å². The Labute approximate surface area is 69.4 Å². The SMILES string of the molecule is CC1(C)SCCS/C1=N\O. The summed E-state index contributed by atoms with van der Waals surface area (Å²) in [4.78, 5) is 0. The molecule has 1 rings (SSSR count). The molecule has 58 valence electrons. The lowest BCUT2D eigenvalue weighted by molar-refractivity contribution is 0.318. The third-order valence-corrected chi connectivity index (χ3v) is 4.38. The Bertz CT molecular complexity index is 156. The lowest BCUT2D eigenvalue weighted by Crippen LogP contribution is -2.30. The Morgan fingerprint density at radius 3 is 2.60 bits per heavy atom. The summed E-state index contributed by atoms with van der Waals surface area (Å²) >= 11 is 3.49. The van der Waals surface area contributed by atoms with E-state index in [9.17, 15) is 0 Å². The van der Waals surface area contributed by atoms with Gasteiger partial charge in [-0.1, -0.05) is 5.16 Å². The molecule has 1 saturated heterocycles. The molecule has 0 radical (unpaired) electrons. The molecule has 1 heterocycles. The normalized spacial score (nSPS) is 28.8. The van der Waals surface area contributed by atoms with E-state index in [1.165, 1.54) is 0 Å². The van der Waals surface area contributed by atoms with Crippen LogP contribution in [0.1, 0.15) is 13.8 Å². The maximum atomic E-state index is 8.58. The Morgan fingerprint density at radius 1 is 1.50 bits per heavy atom. The zero-order chi connectivity index (χ0) is 7.61. The molecular weight excluding hydrogens is 166 g/mol. The summed E-state index contributed by atoms with van der Waals surface area (Å²) < 4.78 is 0.0255. The summed E-state index contributed by atoms with van der Waals surface area (Å²) in [6.07, 6.45) is 0. The van der Waals surface area contributed by atoms with E-state index in [0.29, 0.717) is 0 Å². The van der Waals surface area contributed by atoms with Gasteiger partial charge in [-0.05, 0) is 13.8 Å². The number of hydrogen-bond donors (Lipinski definition) is 1. The first-order valence-corrected chi connectivity index (χ1v) is 5.13. The molecular formula is C6H11NOS2. The van der Waals surface area contributed by atoms with E-state index >= 15 is 0 Å². The number of rotatable bonds is 0. The fraction of sp³-hybridized carbons (Fsp3) is 0.833. The summed E-state index contributed by atoms with van der Waals surface area (Å²) in [6, 6.07) is 0. The first-order chi connectivity index (χ1) is 4.67. The molecule has 0 aliphatic carbocycles. The molecule has 1 fully saturated rings. The highest BCUT2D eigenvalue weighted by Crippen LogP contribution is 2.36. The first-order valence-electron chi connectivity index (χ1n) is 3.16. The van der Waals surface area contributed by atoms with Crippen molar-refractivity contribution in [3.8, 4) is 0 Å². The van der Waals surface area contributed by atoms with Crippen molar-refractivity contribution in [2.45, 2.75) is 18.6 Å². The van der Waals surface area contributed by atoms with Crippen LogP contribution in [0.25, 0.3) is 0 Å². The van der Waals surface area contributed by atoms with Crippen molar-refractivity contribution in [2.75, 3.05) is 11.5 Å². The van der Waals surface area contributed by atoms with E-state index in [0.717, 1.165) is 16.5 Å². The third-order valence-electron chi connectivity index (χ3n) is 1.39. The summed E-state index contributed by atoms with van der Waals surface area (Å²) in [6.45, 7) is 4.16. The fourth-order valence-electron chi connectivity index (χ4n) is 0.820. The highest BCUT2D eigenvalue weighted by molar-refractivity contribution is 8.18. The zero-order valence-electron chi connectivity index (χ0n) is 6.13. The molecule has 4 heteroatoms. The van der Waals surface area contributed by atoms with Crippen LogP contribution in [-0.4, -0.2) is 26.5 Å². The van der Waals surface area contributed by atoms with Crippen molar-refractivity contribution in [3.05, 3.63) is 0 Å². The summed E-state index contributed by atoms with van der Waals surface area (Å²) in [7, 11) is 0. The van der Waals surface area contributed by atoms with Gasteiger partial charge in [0.15, 0.2) is 0 Å². The van der Waals surface area contributed by atoms with Gasteiger partial charge < -0.3 is 5.21 Å². The molecule has 0 amide bonds. The average molecular weight is 177 g/mol. The Kier molecular flexibility index (Phi) is 2.52. The van der Waals surface area contributed by atoms with Gasteiger partial charge in [0.2, 0.25) is 0 Å². The number of oxime groups is 1. The minimum atomic E-state index is 0.0255. The van der Waals surface area contributed by atoms with Gasteiger partial charge in [0.05, 0.1) is 4.75 Å². The maximum Gasteiger partial charge on any atom is 0.128 e. The van der Waals surface area contributed by atoms with Crippen molar-refractivity contribution in [1.82, 2.24) is 0 Å². The van der Waals surface area contributed by atoms with Crippen LogP contribution in [0.5, 0.6) is 0 Å². The Hall–Kier alpha value is 0.170. The van der Waals surface area contributed by atoms with Crippen LogP contribution in [0.15, 0.2) is 5.16 Å². The van der Waals surface area contributed by atoms with Crippen molar-refractivity contribution in [3.63, 3.8) is 0 Å². The Balaban J connectivity index is 2.70. The van der Waals surface area contributed by atoms with E-state index in [1.54, 1.807) is 11.8 Å². The second kappa shape index (κ2) is 3.05. The third kappa shape index (κ3) is 1.61. The molecule has 2 nitrogen and oxygen atoms in total. The van der Waals surface area contributed by atoms with Gasteiger partial charge in [-0.25, -0.2) is 0 Å². The molecule has 0 saturated carbocycles. The Morgan fingerprint density at radius 2 is 2.20 bits per heavy atom. The minimum Gasteiger partial charge on any atom is -0.410 e. The zero-order valence-corrected chi connectivity index (χ0v) is 7.76. The predicted octanol–water partition coefficient (Wildman–Crippen LogP) is 2.03. The van der Waals surface area contributed by atoms with E-state index in [-0.39, 0.29) is 4.75 Å². The van der Waals surface area contributed by atoms with E-state index < -0.39 is 0 Å². The molecule has 0 unspecified atom stereocenters. The molecule has 1 N–H and O–H groups in total. The molecule has 1 aliphatic heterocycles. The van der Waals surface area contributed by atoms with Crippen molar-refractivity contribution in [1.29, 1.82) is 0 Å². The molecule has 1 aliphatic rings. The largest absolute Gasteiger partial charge is 0.410 e. The second-order valence-corrected chi connectivity index (χ2v) is 5.41. The lowest BCUT2D eigenvalue weighted by atomic mass is 10.2. The average Bonchev–Trinajstić information content (AvgIpc) is 1.87. The molecule has 10 heavy (non-hydrogen) atoms. The summed E-state index contributed by atoms with van der Waals surface area (Å²) in [5, 5.41) is 12.7. The van der Waals surface area contributed by atoms with Crippen LogP contribution in [0.3, 0.4) is 0 Å². The molecule has 0 aromatic heterocycles. The summed E-state index contributed by atoms with van der Waals surface area (Å²) in [5.74, 6) is 2.21. The van der Waals surface area contributed by atoms with E-state index in [2.05, 4.69) is 19.0 Å². The molecule has 0 spiro atoms. The van der Waals surface area contributed by atoms with Gasteiger partial charge in [-0.15, -0.1) is 23.5 Å². The highest BCUT2D eigenvalue weighted by atomic mass is 32.2. The van der Waals surface area contributed by atoms with Crippen LogP contribution in [0, 0.1) is 0 Å². The molecule has 0 atom stereocenters. The molecule has 0 bridgehead atoms. The van der Waals surface area contributed by atoms with Gasteiger partial charge in [-0.3, -0.25) is 0 Å². The van der Waals surface area contributed by atoms with Crippen molar-refractivity contribution >= 4 is 28.6 Å². The number of hydrogen-bond acceptors (Lipinski definition) is 4. The summed E-state index contributed by atoms with van der Waals surface area (Å²) in [5.41, 5.74) is 0. The van der Waals surface area contributed by atoms with E-state index in [4.69, 9.17) is 5.21 Å². The second-order valence-electron chi connectivity index (χ2n) is 2.61. The van der Waals surface area contributed by atoms with Gasteiger partial charge in [0.1, 0.15) is 5.04 Å². The van der Waals surface area contributed by atoms with Crippen LogP contribution in [0.4, 0.5) is 0 Å². The van der Waals surface area contributed by atoms with E-state index in [1.807, 2.05) is 11.8 Å². The van der Waals surface area contributed by atoms with Crippen molar-refractivity contribution < 1.29 is 5.21 Å². The molecule has 0 aromatic rings. The topological polar surface area (TPSA) is 32.6 Å². The first kappa shape index (κ1) is 8.27. The van der Waals surface area contributed by atoms with Gasteiger partial charge in [-0.2, -0.15) is 0 Å². The van der Waals surface area contributed by atoms with Crippen molar-refractivity contribution in [2.24, 2.45) is 5.16 Å². The van der Waals surface area contributed by atoms with Gasteiger partial charge >= 0.3 is 0 Å². The minimum absolute atomic E-state index is 0.0255. The standard InChI is InChI=1S/C6H11NOS2/c1-6(2)5(7-8)9-3-4-10-6/h8H,3-4H2,1-2H3/b7-5-. The van der Waals surface area contributed by atoms with Gasteiger partial charge in [0, 0.05) is 11.5 Å². The van der Waals surface area contributed by atoms with Crippen LogP contribution < -0.4 is 0 Å². The smallest absolute Gasteiger partial charge is 0.128 e. The lowest BCUT2D eigenvalue weighted by Gasteiger charge is -2.28. The molecule has 0 aromatic carbocycles. The number of thioether (sulfide) groups is 2. The fourth-order valence-corrected chi connectivity index (χ4v) is 3.11. The monoisotopic (exact) mass is 177 g/mol. The van der Waals surface area contributed by atoms with Crippen LogP contribution >= 0.6 is 23.5 Å². The number of nitrogens with zero attached hydrogens (tertiary/aromatic N) is 1. The predicted molar refractivity (Wildman–Crippen MR) is 48.2 cm³/mol.